The zero-order valence-electron chi connectivity index (χ0n) is 12.7. The van der Waals surface area contributed by atoms with Gasteiger partial charge in [-0.3, -0.25) is 4.79 Å². The maximum absolute atomic E-state index is 12.7. The van der Waals surface area contributed by atoms with Crippen molar-refractivity contribution in [2.75, 3.05) is 19.7 Å². The topological polar surface area (TPSA) is 51.5 Å². The van der Waals surface area contributed by atoms with Crippen molar-refractivity contribution in [1.29, 1.82) is 0 Å². The first-order chi connectivity index (χ1) is 11.1. The number of likely N-dealkylation sites (tertiary alicyclic amines) is 1. The maximum atomic E-state index is 12.7. The molecule has 2 heterocycles. The lowest BCUT2D eigenvalue weighted by molar-refractivity contribution is -0.188. The maximum Gasteiger partial charge on any atom is 0.393 e. The molecule has 0 aromatic carbocycles. The minimum absolute atomic E-state index is 0.00653. The molecule has 10 heteroatoms. The van der Waals surface area contributed by atoms with Gasteiger partial charge in [-0.15, -0.1) is 0 Å². The molecule has 1 aliphatic heterocycles. The predicted molar refractivity (Wildman–Crippen MR) is 81.1 cm³/mol. The van der Waals surface area contributed by atoms with Crippen molar-refractivity contribution >= 4 is 35.1 Å². The molecule has 1 saturated heterocycles. The van der Waals surface area contributed by atoms with Crippen LogP contribution < -0.4 is 0 Å². The SMILES string of the molecule is Cn1c(C(=O)OCC(=O)N2CCCC(C(F)(F)F)C2)cc(Cl)c1Cl. The van der Waals surface area contributed by atoms with Crippen LogP contribution in [-0.4, -0.2) is 47.2 Å². The Morgan fingerprint density at radius 3 is 2.58 bits per heavy atom. The quantitative estimate of drug-likeness (QED) is 0.748. The van der Waals surface area contributed by atoms with Gasteiger partial charge in [0.15, 0.2) is 6.61 Å². The van der Waals surface area contributed by atoms with Crippen LogP contribution in [0.5, 0.6) is 0 Å². The van der Waals surface area contributed by atoms with Gasteiger partial charge in [-0.2, -0.15) is 13.2 Å². The molecule has 5 nitrogen and oxygen atoms in total. The van der Waals surface area contributed by atoms with Crippen molar-refractivity contribution in [3.8, 4) is 0 Å². The van der Waals surface area contributed by atoms with Crippen molar-refractivity contribution in [3.05, 3.63) is 21.9 Å². The smallest absolute Gasteiger partial charge is 0.393 e. The highest BCUT2D eigenvalue weighted by Gasteiger charge is 2.42. The summed E-state index contributed by atoms with van der Waals surface area (Å²) in [5.74, 6) is -3.04. The number of hydrogen-bond acceptors (Lipinski definition) is 3. The van der Waals surface area contributed by atoms with Crippen molar-refractivity contribution in [1.82, 2.24) is 9.47 Å². The summed E-state index contributed by atoms with van der Waals surface area (Å²) in [7, 11) is 1.49. The van der Waals surface area contributed by atoms with Crippen molar-refractivity contribution < 1.29 is 27.5 Å². The fourth-order valence-corrected chi connectivity index (χ4v) is 2.88. The molecule has 1 aliphatic rings. The number of amides is 1. The Bertz CT molecular complexity index is 646. The van der Waals surface area contributed by atoms with Crippen molar-refractivity contribution in [2.24, 2.45) is 13.0 Å². The monoisotopic (exact) mass is 386 g/mol. The van der Waals surface area contributed by atoms with Crippen LogP contribution >= 0.6 is 23.2 Å². The van der Waals surface area contributed by atoms with E-state index in [1.807, 2.05) is 0 Å². The molecule has 134 valence electrons. The van der Waals surface area contributed by atoms with E-state index in [-0.39, 0.29) is 35.3 Å². The molecular weight excluding hydrogens is 372 g/mol. The van der Waals surface area contributed by atoms with E-state index in [9.17, 15) is 22.8 Å². The Balaban J connectivity index is 1.93. The molecule has 24 heavy (non-hydrogen) atoms. The van der Waals surface area contributed by atoms with E-state index in [0.717, 1.165) is 4.90 Å². The van der Waals surface area contributed by atoms with Gasteiger partial charge in [-0.1, -0.05) is 23.2 Å². The van der Waals surface area contributed by atoms with Crippen molar-refractivity contribution in [2.45, 2.75) is 19.0 Å². The minimum Gasteiger partial charge on any atom is -0.451 e. The highest BCUT2D eigenvalue weighted by molar-refractivity contribution is 6.41. The average Bonchev–Trinajstić information content (AvgIpc) is 2.79. The lowest BCUT2D eigenvalue weighted by Crippen LogP contribution is -2.46. The number of halogens is 5. The van der Waals surface area contributed by atoms with Crippen LogP contribution in [0.15, 0.2) is 6.07 Å². The molecule has 1 amide bonds. The van der Waals surface area contributed by atoms with E-state index in [1.54, 1.807) is 0 Å². The van der Waals surface area contributed by atoms with Gasteiger partial charge in [-0.05, 0) is 18.9 Å². The summed E-state index contributed by atoms with van der Waals surface area (Å²) >= 11 is 11.6. The number of hydrogen-bond donors (Lipinski definition) is 0. The number of rotatable bonds is 3. The van der Waals surface area contributed by atoms with E-state index < -0.39 is 37.1 Å². The third kappa shape index (κ3) is 4.16. The van der Waals surface area contributed by atoms with Crippen LogP contribution in [0.3, 0.4) is 0 Å². The molecule has 1 aromatic heterocycles. The first-order valence-corrected chi connectivity index (χ1v) is 7.89. The minimum atomic E-state index is -4.34. The molecule has 2 rings (SSSR count). The molecule has 0 spiro atoms. The zero-order valence-corrected chi connectivity index (χ0v) is 14.2. The van der Waals surface area contributed by atoms with Gasteiger partial charge in [0, 0.05) is 20.1 Å². The number of esters is 1. The standard InChI is InChI=1S/C14H15Cl2F3N2O3/c1-20-10(5-9(15)12(20)16)13(23)24-7-11(22)21-4-2-3-8(6-21)14(17,18)19/h5,8H,2-4,6-7H2,1H3. The largest absolute Gasteiger partial charge is 0.451 e. The van der Waals surface area contributed by atoms with Crippen LogP contribution in [-0.2, 0) is 16.6 Å². The summed E-state index contributed by atoms with van der Waals surface area (Å²) < 4.78 is 44.4. The summed E-state index contributed by atoms with van der Waals surface area (Å²) in [6.45, 7) is -0.837. The first-order valence-electron chi connectivity index (χ1n) is 7.13. The third-order valence-electron chi connectivity index (χ3n) is 3.89. The second kappa shape index (κ2) is 7.23. The average molecular weight is 387 g/mol. The van der Waals surface area contributed by atoms with E-state index in [4.69, 9.17) is 27.9 Å². The third-order valence-corrected chi connectivity index (χ3v) is 4.73. The van der Waals surface area contributed by atoms with Crippen LogP contribution in [0, 0.1) is 5.92 Å². The number of alkyl halides is 3. The Labute approximate surface area is 146 Å². The normalized spacial score (nSPS) is 18.6. The van der Waals surface area contributed by atoms with Gasteiger partial charge >= 0.3 is 12.1 Å². The molecule has 0 N–H and O–H groups in total. The van der Waals surface area contributed by atoms with E-state index in [2.05, 4.69) is 0 Å². The Morgan fingerprint density at radius 2 is 2.04 bits per heavy atom. The second-order valence-corrected chi connectivity index (χ2v) is 6.29. The Morgan fingerprint density at radius 1 is 1.38 bits per heavy atom. The lowest BCUT2D eigenvalue weighted by Gasteiger charge is -2.33. The molecule has 0 aliphatic carbocycles. The summed E-state index contributed by atoms with van der Waals surface area (Å²) in [6, 6.07) is 1.29. The second-order valence-electron chi connectivity index (χ2n) is 5.52. The summed E-state index contributed by atoms with van der Waals surface area (Å²) in [5.41, 5.74) is 0.0459. The first kappa shape index (κ1) is 18.9. The van der Waals surface area contributed by atoms with Crippen LogP contribution in [0.25, 0.3) is 0 Å². The number of carbonyl (C=O) groups is 2. The summed E-state index contributed by atoms with van der Waals surface area (Å²) in [6.07, 6.45) is -4.09. The Hall–Kier alpha value is -1.41. The van der Waals surface area contributed by atoms with Gasteiger partial charge in [0.1, 0.15) is 10.8 Å². The van der Waals surface area contributed by atoms with Gasteiger partial charge in [0.05, 0.1) is 10.9 Å². The van der Waals surface area contributed by atoms with Crippen LogP contribution in [0.4, 0.5) is 13.2 Å². The molecule has 0 saturated carbocycles. The summed E-state index contributed by atoms with van der Waals surface area (Å²) in [4.78, 5) is 25.0. The van der Waals surface area contributed by atoms with Gasteiger partial charge in [0.25, 0.3) is 5.91 Å². The van der Waals surface area contributed by atoms with E-state index >= 15 is 0 Å². The molecule has 1 aromatic rings. The number of aromatic nitrogens is 1. The molecule has 0 radical (unpaired) electrons. The molecule has 0 bridgehead atoms. The van der Waals surface area contributed by atoms with Gasteiger partial charge in [0.2, 0.25) is 0 Å². The van der Waals surface area contributed by atoms with Crippen LogP contribution in [0.1, 0.15) is 23.3 Å². The van der Waals surface area contributed by atoms with E-state index in [0.29, 0.717) is 0 Å². The number of nitrogens with zero attached hydrogens (tertiary/aromatic N) is 2. The van der Waals surface area contributed by atoms with Crippen molar-refractivity contribution in [3.63, 3.8) is 0 Å². The molecular formula is C14H15Cl2F3N2O3. The predicted octanol–water partition coefficient (Wildman–Crippen LogP) is 3.29. The molecule has 1 atom stereocenters. The lowest BCUT2D eigenvalue weighted by atomic mass is 9.97. The molecule has 1 fully saturated rings. The highest BCUT2D eigenvalue weighted by Crippen LogP contribution is 2.33. The fourth-order valence-electron chi connectivity index (χ4n) is 2.50. The number of carbonyl (C=O) groups excluding carboxylic acids is 2. The van der Waals surface area contributed by atoms with Gasteiger partial charge in [-0.25, -0.2) is 4.79 Å². The molecule has 1 unspecified atom stereocenters. The van der Waals surface area contributed by atoms with Crippen LogP contribution in [0.2, 0.25) is 10.2 Å². The van der Waals surface area contributed by atoms with Gasteiger partial charge < -0.3 is 14.2 Å². The zero-order chi connectivity index (χ0) is 18.1. The highest BCUT2D eigenvalue weighted by atomic mass is 35.5. The van der Waals surface area contributed by atoms with E-state index in [1.165, 1.54) is 17.7 Å². The number of ether oxygens (including phenoxy) is 1. The number of piperidine rings is 1. The fraction of sp³-hybridized carbons (Fsp3) is 0.571. The Kier molecular flexibility index (Phi) is 5.70. The summed E-state index contributed by atoms with van der Waals surface area (Å²) in [5, 5.41) is 0.292.